The molecular weight excluding hydrogens is 262 g/mol. The third-order valence-corrected chi connectivity index (χ3v) is 4.71. The first-order valence-corrected chi connectivity index (χ1v) is 8.37. The highest BCUT2D eigenvalue weighted by Crippen LogP contribution is 2.28. The van der Waals surface area contributed by atoms with E-state index < -0.39 is 0 Å². The number of carbonyl (C=O) groups is 1. The fourth-order valence-electron chi connectivity index (χ4n) is 3.35. The number of nitrogens with one attached hydrogen (secondary N) is 1. The van der Waals surface area contributed by atoms with E-state index in [0.717, 1.165) is 13.1 Å². The van der Waals surface area contributed by atoms with E-state index in [0.29, 0.717) is 6.04 Å². The van der Waals surface area contributed by atoms with E-state index in [1.54, 1.807) is 0 Å². The Labute approximate surface area is 130 Å². The van der Waals surface area contributed by atoms with Crippen molar-refractivity contribution in [2.45, 2.75) is 71.5 Å². The van der Waals surface area contributed by atoms with Gasteiger partial charge >= 0.3 is 0 Å². The standard InChI is InChI=1S/C17H33N3O/c1-16(2,3)18-15(21)13-11-19(12-13)14-7-9-20(10-8-14)17(4,5)6/h13-14H,7-12H2,1-6H3,(H,18,21). The van der Waals surface area contributed by atoms with Crippen LogP contribution in [0.2, 0.25) is 0 Å². The van der Waals surface area contributed by atoms with Crippen LogP contribution in [-0.2, 0) is 4.79 Å². The van der Waals surface area contributed by atoms with Gasteiger partial charge in [-0.2, -0.15) is 0 Å². The Morgan fingerprint density at radius 1 is 1.00 bits per heavy atom. The van der Waals surface area contributed by atoms with Gasteiger partial charge in [0.2, 0.25) is 5.91 Å². The van der Waals surface area contributed by atoms with Crippen molar-refractivity contribution in [3.8, 4) is 0 Å². The normalized spacial score (nSPS) is 23.9. The number of amides is 1. The van der Waals surface area contributed by atoms with Crippen molar-refractivity contribution in [1.82, 2.24) is 15.1 Å². The number of hydrogen-bond acceptors (Lipinski definition) is 3. The van der Waals surface area contributed by atoms with E-state index in [9.17, 15) is 4.79 Å². The summed E-state index contributed by atoms with van der Waals surface area (Å²) in [6.45, 7) is 17.3. The van der Waals surface area contributed by atoms with Crippen LogP contribution in [0.15, 0.2) is 0 Å². The molecule has 1 N–H and O–H groups in total. The quantitative estimate of drug-likeness (QED) is 0.847. The molecule has 2 heterocycles. The van der Waals surface area contributed by atoms with Gasteiger partial charge in [0.25, 0.3) is 0 Å². The molecule has 0 aliphatic carbocycles. The van der Waals surface area contributed by atoms with Gasteiger partial charge in [0.15, 0.2) is 0 Å². The van der Waals surface area contributed by atoms with E-state index in [-0.39, 0.29) is 22.9 Å². The molecule has 0 spiro atoms. The lowest BCUT2D eigenvalue weighted by atomic mass is 9.90. The highest BCUT2D eigenvalue weighted by molar-refractivity contribution is 5.80. The van der Waals surface area contributed by atoms with Crippen molar-refractivity contribution >= 4 is 5.91 Å². The van der Waals surface area contributed by atoms with Crippen molar-refractivity contribution in [2.24, 2.45) is 5.92 Å². The molecule has 2 rings (SSSR count). The molecular formula is C17H33N3O. The lowest BCUT2D eigenvalue weighted by Crippen LogP contribution is -2.61. The molecule has 0 unspecified atom stereocenters. The van der Waals surface area contributed by atoms with Gasteiger partial charge in [-0.25, -0.2) is 0 Å². The summed E-state index contributed by atoms with van der Waals surface area (Å²) >= 11 is 0. The van der Waals surface area contributed by atoms with Crippen molar-refractivity contribution in [2.75, 3.05) is 26.2 Å². The van der Waals surface area contributed by atoms with Crippen molar-refractivity contribution in [3.63, 3.8) is 0 Å². The largest absolute Gasteiger partial charge is 0.351 e. The fraction of sp³-hybridized carbons (Fsp3) is 0.941. The van der Waals surface area contributed by atoms with Crippen molar-refractivity contribution < 1.29 is 4.79 Å². The first-order chi connectivity index (χ1) is 9.56. The minimum atomic E-state index is -0.116. The zero-order chi connectivity index (χ0) is 15.8. The number of nitrogens with zero attached hydrogens (tertiary/aromatic N) is 2. The smallest absolute Gasteiger partial charge is 0.226 e. The molecule has 4 heteroatoms. The third-order valence-electron chi connectivity index (χ3n) is 4.71. The van der Waals surface area contributed by atoms with Crippen molar-refractivity contribution in [3.05, 3.63) is 0 Å². The van der Waals surface area contributed by atoms with Crippen LogP contribution in [0.1, 0.15) is 54.4 Å². The Kier molecular flexibility index (Phi) is 4.69. The molecule has 2 aliphatic rings. The zero-order valence-electron chi connectivity index (χ0n) is 14.7. The molecule has 4 nitrogen and oxygen atoms in total. The number of likely N-dealkylation sites (tertiary alicyclic amines) is 2. The number of carbonyl (C=O) groups excluding carboxylic acids is 1. The van der Waals surface area contributed by atoms with Crippen LogP contribution >= 0.6 is 0 Å². The molecule has 0 aromatic heterocycles. The lowest BCUT2D eigenvalue weighted by Gasteiger charge is -2.49. The van der Waals surface area contributed by atoms with Crippen LogP contribution < -0.4 is 5.32 Å². The molecule has 21 heavy (non-hydrogen) atoms. The number of rotatable bonds is 2. The van der Waals surface area contributed by atoms with Crippen LogP contribution in [0.4, 0.5) is 0 Å². The first kappa shape index (κ1) is 16.8. The van der Waals surface area contributed by atoms with Gasteiger partial charge in [-0.1, -0.05) is 0 Å². The molecule has 0 atom stereocenters. The molecule has 2 aliphatic heterocycles. The SMILES string of the molecule is CC(C)(C)NC(=O)C1CN(C2CCN(C(C)(C)C)CC2)C1. The van der Waals surface area contributed by atoms with Gasteiger partial charge in [0.05, 0.1) is 5.92 Å². The third kappa shape index (κ3) is 4.43. The molecule has 0 aromatic rings. The van der Waals surface area contributed by atoms with E-state index in [2.05, 4.69) is 35.9 Å². The molecule has 0 saturated carbocycles. The molecule has 122 valence electrons. The van der Waals surface area contributed by atoms with Crippen LogP contribution in [0, 0.1) is 5.92 Å². The minimum absolute atomic E-state index is 0.116. The van der Waals surface area contributed by atoms with E-state index in [1.165, 1.54) is 25.9 Å². The Morgan fingerprint density at radius 3 is 1.95 bits per heavy atom. The Balaban J connectivity index is 1.73. The summed E-state index contributed by atoms with van der Waals surface area (Å²) in [5.74, 6) is 0.427. The molecule has 0 radical (unpaired) electrons. The van der Waals surface area contributed by atoms with Crippen LogP contribution in [0.25, 0.3) is 0 Å². The van der Waals surface area contributed by atoms with Crippen LogP contribution in [-0.4, -0.2) is 59.0 Å². The second-order valence-corrected chi connectivity index (χ2v) is 8.78. The molecule has 0 aromatic carbocycles. The summed E-state index contributed by atoms with van der Waals surface area (Å²) in [6.07, 6.45) is 2.48. The highest BCUT2D eigenvalue weighted by Gasteiger charge is 2.39. The highest BCUT2D eigenvalue weighted by atomic mass is 16.2. The minimum Gasteiger partial charge on any atom is -0.351 e. The summed E-state index contributed by atoms with van der Waals surface area (Å²) < 4.78 is 0. The van der Waals surface area contributed by atoms with E-state index in [1.807, 2.05) is 20.8 Å². The second kappa shape index (κ2) is 5.88. The number of hydrogen-bond donors (Lipinski definition) is 1. The van der Waals surface area contributed by atoms with E-state index >= 15 is 0 Å². The number of piperidine rings is 1. The molecule has 1 amide bonds. The monoisotopic (exact) mass is 295 g/mol. The van der Waals surface area contributed by atoms with Gasteiger partial charge in [-0.15, -0.1) is 0 Å². The second-order valence-electron chi connectivity index (χ2n) is 8.78. The average Bonchev–Trinajstić information content (AvgIpc) is 2.23. The van der Waals surface area contributed by atoms with Gasteiger partial charge < -0.3 is 5.32 Å². The molecule has 2 saturated heterocycles. The summed E-state index contributed by atoms with van der Waals surface area (Å²) in [7, 11) is 0. The summed E-state index contributed by atoms with van der Waals surface area (Å²) in [5.41, 5.74) is 0.171. The lowest BCUT2D eigenvalue weighted by molar-refractivity contribution is -0.133. The Morgan fingerprint density at radius 2 is 1.52 bits per heavy atom. The topological polar surface area (TPSA) is 35.6 Å². The maximum absolute atomic E-state index is 12.1. The zero-order valence-corrected chi connectivity index (χ0v) is 14.7. The predicted molar refractivity (Wildman–Crippen MR) is 87.3 cm³/mol. The predicted octanol–water partition coefficient (Wildman–Crippen LogP) is 2.10. The fourth-order valence-corrected chi connectivity index (χ4v) is 3.35. The average molecular weight is 295 g/mol. The van der Waals surface area contributed by atoms with Crippen LogP contribution in [0.3, 0.4) is 0 Å². The summed E-state index contributed by atoms with van der Waals surface area (Å²) in [5, 5.41) is 3.10. The Bertz CT molecular complexity index is 366. The first-order valence-electron chi connectivity index (χ1n) is 8.37. The maximum atomic E-state index is 12.1. The van der Waals surface area contributed by atoms with Gasteiger partial charge in [0.1, 0.15) is 0 Å². The van der Waals surface area contributed by atoms with Crippen molar-refractivity contribution in [1.29, 1.82) is 0 Å². The van der Waals surface area contributed by atoms with Crippen LogP contribution in [0.5, 0.6) is 0 Å². The van der Waals surface area contributed by atoms with E-state index in [4.69, 9.17) is 0 Å². The van der Waals surface area contributed by atoms with Gasteiger partial charge in [-0.3, -0.25) is 14.6 Å². The maximum Gasteiger partial charge on any atom is 0.226 e. The molecule has 0 bridgehead atoms. The molecule has 2 fully saturated rings. The van der Waals surface area contributed by atoms with Gasteiger partial charge in [0, 0.05) is 43.3 Å². The summed E-state index contributed by atoms with van der Waals surface area (Å²) in [4.78, 5) is 17.2. The Hall–Kier alpha value is -0.610. The summed E-state index contributed by atoms with van der Waals surface area (Å²) in [6, 6.07) is 0.683. The van der Waals surface area contributed by atoms with Gasteiger partial charge in [-0.05, 0) is 54.4 Å².